The highest BCUT2D eigenvalue weighted by Gasteiger charge is 2.53. The SMILES string of the molecule is CC(C)(O/N=C(\C(=O)C[C@@H]1C(=O)N2C(C(=O)[O-])=C(C[n+]3ccc4ccn(Cc5c(F)cc(C(=N)N)cc5Cl)c4c3)CS[C@H]12)c1nc(N)sc1Cl)C(=O)O. The molecule has 2 aliphatic rings. The van der Waals surface area contributed by atoms with E-state index in [1.54, 1.807) is 33.8 Å². The van der Waals surface area contributed by atoms with Crippen LogP contribution in [0, 0.1) is 17.1 Å². The van der Waals surface area contributed by atoms with Gasteiger partial charge in [-0.3, -0.25) is 19.9 Å². The third-order valence-corrected chi connectivity index (χ3v) is 11.5. The van der Waals surface area contributed by atoms with Crippen molar-refractivity contribution in [3.8, 4) is 0 Å². The first-order valence-electron chi connectivity index (χ1n) is 15.6. The molecule has 0 unspecified atom stereocenters. The molecule has 0 saturated carbocycles. The standard InChI is InChI=1S/C33H29Cl2FN8O7S2/c1-33(2,31(49)50)51-41-23(24-26(35)53-32(39)40-24)22(45)9-17-28(46)44-25(30(47)48)16(13-52-29(17)44)10-42-5-3-14-4-6-43(21(14)12-42)11-18-19(34)7-15(27(37)38)8-20(18)36/h3-8,12,17,29H,9-11,13H2,1-2H3,(H6-,37,38,39,40,47,48,49,50)/b41-23+/t17-,29-/m1/s1. The molecule has 15 nitrogen and oxygen atoms in total. The largest absolute Gasteiger partial charge is 0.543 e. The van der Waals surface area contributed by atoms with E-state index in [9.17, 15) is 33.8 Å². The number of rotatable bonds is 13. The third-order valence-electron chi connectivity index (χ3n) is 8.65. The van der Waals surface area contributed by atoms with Crippen LogP contribution in [-0.2, 0) is 37.1 Å². The van der Waals surface area contributed by atoms with Crippen molar-refractivity contribution < 1.29 is 43.2 Å². The van der Waals surface area contributed by atoms with Crippen molar-refractivity contribution >= 4 is 97.5 Å². The number of oxime groups is 1. The molecule has 1 aromatic carbocycles. The summed E-state index contributed by atoms with van der Waals surface area (Å²) < 4.78 is 18.5. The van der Waals surface area contributed by atoms with Crippen LogP contribution in [0.5, 0.6) is 0 Å². The fourth-order valence-electron chi connectivity index (χ4n) is 5.82. The number of halogens is 3. The van der Waals surface area contributed by atoms with Gasteiger partial charge in [-0.15, -0.1) is 11.8 Å². The van der Waals surface area contributed by atoms with Crippen LogP contribution in [0.15, 0.2) is 59.3 Å². The van der Waals surface area contributed by atoms with Gasteiger partial charge in [0.05, 0.1) is 29.5 Å². The number of nitrogens with one attached hydrogen (secondary N) is 1. The number of hydrogen-bond donors (Lipinski definition) is 4. The topological polar surface area (TPSA) is 234 Å². The maximum absolute atomic E-state index is 15.0. The molecule has 0 aliphatic carbocycles. The fourth-order valence-corrected chi connectivity index (χ4v) is 8.42. The van der Waals surface area contributed by atoms with Crippen LogP contribution in [0.25, 0.3) is 10.9 Å². The number of pyridine rings is 1. The number of hydrogen-bond acceptors (Lipinski definition) is 12. The quantitative estimate of drug-likeness (QED) is 0.0504. The van der Waals surface area contributed by atoms with E-state index in [0.717, 1.165) is 27.7 Å². The smallest absolute Gasteiger partial charge is 0.350 e. The molecule has 1 saturated heterocycles. The highest BCUT2D eigenvalue weighted by atomic mass is 35.5. The molecule has 276 valence electrons. The number of nitrogens with two attached hydrogens (primary N) is 2. The number of nitrogens with zero attached hydrogens (tertiary/aromatic N) is 5. The first-order chi connectivity index (χ1) is 25.0. The van der Waals surface area contributed by atoms with E-state index >= 15 is 0 Å². The number of amidine groups is 1. The number of carbonyl (C=O) groups excluding carboxylic acids is 3. The van der Waals surface area contributed by atoms with Crippen molar-refractivity contribution in [2.24, 2.45) is 16.8 Å². The van der Waals surface area contributed by atoms with Gasteiger partial charge < -0.3 is 35.9 Å². The van der Waals surface area contributed by atoms with Gasteiger partial charge in [0.1, 0.15) is 27.2 Å². The highest BCUT2D eigenvalue weighted by molar-refractivity contribution is 8.00. The number of nitrogen functional groups attached to an aromatic ring is 2. The zero-order chi connectivity index (χ0) is 38.5. The van der Waals surface area contributed by atoms with E-state index in [2.05, 4.69) is 10.1 Å². The number of thiazole rings is 1. The van der Waals surface area contributed by atoms with Crippen molar-refractivity contribution in [2.45, 2.75) is 44.3 Å². The van der Waals surface area contributed by atoms with Crippen molar-refractivity contribution in [1.82, 2.24) is 14.5 Å². The summed E-state index contributed by atoms with van der Waals surface area (Å²) in [6.07, 6.45) is 4.81. The molecular formula is C33H29Cl2FN8O7S2. The maximum atomic E-state index is 15.0. The number of carboxylic acid groups (broad SMARTS) is 2. The summed E-state index contributed by atoms with van der Waals surface area (Å²) in [7, 11) is 0. The van der Waals surface area contributed by atoms with Crippen LogP contribution < -0.4 is 21.1 Å². The summed E-state index contributed by atoms with van der Waals surface area (Å²) in [6.45, 7) is 2.56. The Labute approximate surface area is 318 Å². The van der Waals surface area contributed by atoms with Crippen LogP contribution in [0.3, 0.4) is 0 Å². The predicted molar refractivity (Wildman–Crippen MR) is 193 cm³/mol. The zero-order valence-electron chi connectivity index (χ0n) is 27.8. The number of aliphatic carboxylic acids is 2. The molecule has 1 amide bonds. The first-order valence-corrected chi connectivity index (χ1v) is 18.2. The lowest BCUT2D eigenvalue weighted by Crippen LogP contribution is -2.63. The predicted octanol–water partition coefficient (Wildman–Crippen LogP) is 2.52. The van der Waals surface area contributed by atoms with Gasteiger partial charge >= 0.3 is 5.97 Å². The van der Waals surface area contributed by atoms with E-state index in [4.69, 9.17) is 44.9 Å². The van der Waals surface area contributed by atoms with Gasteiger partial charge in [0, 0.05) is 51.5 Å². The Kier molecular flexibility index (Phi) is 10.3. The number of anilines is 1. The molecule has 4 aromatic rings. The van der Waals surface area contributed by atoms with Gasteiger partial charge in [0.2, 0.25) is 11.5 Å². The minimum Gasteiger partial charge on any atom is -0.543 e. The normalized spacial score (nSPS) is 17.5. The lowest BCUT2D eigenvalue weighted by Gasteiger charge is -2.50. The molecule has 53 heavy (non-hydrogen) atoms. The lowest BCUT2D eigenvalue weighted by molar-refractivity contribution is -0.687. The summed E-state index contributed by atoms with van der Waals surface area (Å²) in [5, 5.41) is 33.5. The number of Topliss-reactive ketones (excluding diaryl/α,β-unsaturated/α-hetero) is 1. The van der Waals surface area contributed by atoms with Crippen LogP contribution in [-0.4, -0.2) is 71.5 Å². The lowest BCUT2D eigenvalue weighted by atomic mass is 9.89. The third kappa shape index (κ3) is 7.31. The van der Waals surface area contributed by atoms with Crippen LogP contribution in [0.4, 0.5) is 9.52 Å². The Balaban J connectivity index is 1.23. The highest BCUT2D eigenvalue weighted by Crippen LogP contribution is 2.45. The maximum Gasteiger partial charge on any atom is 0.350 e. The number of fused-ring (bicyclic) bond motifs is 2. The average Bonchev–Trinajstić information content (AvgIpc) is 3.65. The number of amides is 1. The fraction of sp³-hybridized carbons (Fsp3) is 0.273. The molecule has 6 rings (SSSR count). The van der Waals surface area contributed by atoms with Crippen molar-refractivity contribution in [3.63, 3.8) is 0 Å². The molecular weight excluding hydrogens is 774 g/mol. The van der Waals surface area contributed by atoms with E-state index < -0.39 is 58.5 Å². The molecule has 2 aliphatic heterocycles. The van der Waals surface area contributed by atoms with E-state index in [-0.39, 0.29) is 61.7 Å². The van der Waals surface area contributed by atoms with Gasteiger partial charge in [-0.25, -0.2) is 14.2 Å². The van der Waals surface area contributed by atoms with Crippen molar-refractivity contribution in [2.75, 3.05) is 11.5 Å². The Bertz CT molecular complexity index is 2280. The summed E-state index contributed by atoms with van der Waals surface area (Å²) in [5.41, 5.74) is 9.96. The number of carboxylic acids is 2. The number of ketones is 1. The molecule has 3 aromatic heterocycles. The minimum atomic E-state index is -1.83. The molecule has 1 fully saturated rings. The second kappa shape index (κ2) is 14.4. The number of aromatic nitrogens is 3. The monoisotopic (exact) mass is 802 g/mol. The van der Waals surface area contributed by atoms with Crippen LogP contribution >= 0.6 is 46.3 Å². The second-order valence-electron chi connectivity index (χ2n) is 12.6. The minimum absolute atomic E-state index is 0.00557. The molecule has 2 atom stereocenters. The van der Waals surface area contributed by atoms with E-state index in [1.807, 2.05) is 6.07 Å². The van der Waals surface area contributed by atoms with E-state index in [0.29, 0.717) is 11.1 Å². The van der Waals surface area contributed by atoms with Crippen LogP contribution in [0.2, 0.25) is 9.36 Å². The second-order valence-corrected chi connectivity index (χ2v) is 15.8. The number of thioether (sulfide) groups is 1. The Morgan fingerprint density at radius 2 is 2.02 bits per heavy atom. The molecule has 0 radical (unpaired) electrons. The molecule has 20 heteroatoms. The Morgan fingerprint density at radius 3 is 2.64 bits per heavy atom. The Hall–Kier alpha value is -5.04. The first kappa shape index (κ1) is 37.7. The Morgan fingerprint density at radius 1 is 1.28 bits per heavy atom. The van der Waals surface area contributed by atoms with Crippen molar-refractivity contribution in [3.05, 3.63) is 86.1 Å². The molecule has 5 heterocycles. The van der Waals surface area contributed by atoms with Gasteiger partial charge in [-0.05, 0) is 32.0 Å². The molecule has 0 spiro atoms. The summed E-state index contributed by atoms with van der Waals surface area (Å²) >= 11 is 14.7. The molecule has 0 bridgehead atoms. The molecule has 6 N–H and O–H groups in total. The number of carbonyl (C=O) groups is 4. The van der Waals surface area contributed by atoms with Gasteiger partial charge in [-0.1, -0.05) is 39.7 Å². The summed E-state index contributed by atoms with van der Waals surface area (Å²) in [5.74, 6) is -6.02. The zero-order valence-corrected chi connectivity index (χ0v) is 30.9. The van der Waals surface area contributed by atoms with Gasteiger partial charge in [0.25, 0.3) is 0 Å². The summed E-state index contributed by atoms with van der Waals surface area (Å²) in [6, 6.07) is 6.20. The number of benzene rings is 1. The van der Waals surface area contributed by atoms with Gasteiger partial charge in [0.15, 0.2) is 35.6 Å². The van der Waals surface area contributed by atoms with E-state index in [1.165, 1.54) is 31.7 Å². The van der Waals surface area contributed by atoms with Crippen LogP contribution in [0.1, 0.15) is 37.1 Å². The van der Waals surface area contributed by atoms with Gasteiger partial charge in [-0.2, -0.15) is 4.57 Å². The van der Waals surface area contributed by atoms with Crippen molar-refractivity contribution in [1.29, 1.82) is 5.41 Å². The summed E-state index contributed by atoms with van der Waals surface area (Å²) in [4.78, 5) is 61.5. The average molecular weight is 804 g/mol. The number of β-lactam (4-membered cyclic amide) rings is 1.